The highest BCUT2D eigenvalue weighted by Gasteiger charge is 2.40. The molecule has 0 atom stereocenters. The summed E-state index contributed by atoms with van der Waals surface area (Å²) in [6, 6.07) is 15.1. The number of likely N-dealkylation sites (N-methyl/N-ethyl adjacent to an activating group) is 1. The van der Waals surface area contributed by atoms with Crippen LogP contribution in [-0.4, -0.2) is 29.5 Å². The molecule has 2 aromatic carbocycles. The Kier molecular flexibility index (Phi) is 4.54. The third-order valence-corrected chi connectivity index (χ3v) is 4.11. The SMILES string of the molecule is CN(C(=O)Cn1cc(C(=O)C(F)(F)F)c2ccccc21)c1ccccc1. The fourth-order valence-electron chi connectivity index (χ4n) is 2.76. The summed E-state index contributed by atoms with van der Waals surface area (Å²) in [5.74, 6) is -2.24. The number of alkyl halides is 3. The third-order valence-electron chi connectivity index (χ3n) is 4.11. The number of fused-ring (bicyclic) bond motifs is 1. The number of anilines is 1. The topological polar surface area (TPSA) is 42.3 Å². The molecule has 3 rings (SSSR count). The second-order valence-corrected chi connectivity index (χ2v) is 5.80. The second kappa shape index (κ2) is 6.67. The van der Waals surface area contributed by atoms with Gasteiger partial charge in [0, 0.05) is 29.8 Å². The molecule has 134 valence electrons. The van der Waals surface area contributed by atoms with Crippen molar-refractivity contribution in [1.29, 1.82) is 0 Å². The van der Waals surface area contributed by atoms with E-state index in [9.17, 15) is 22.8 Å². The summed E-state index contributed by atoms with van der Waals surface area (Å²) >= 11 is 0. The first kappa shape index (κ1) is 17.7. The van der Waals surface area contributed by atoms with E-state index >= 15 is 0 Å². The molecule has 4 nitrogen and oxygen atoms in total. The number of nitrogens with zero attached hydrogens (tertiary/aromatic N) is 2. The van der Waals surface area contributed by atoms with Crippen LogP contribution in [0, 0.1) is 0 Å². The van der Waals surface area contributed by atoms with Crippen LogP contribution >= 0.6 is 0 Å². The van der Waals surface area contributed by atoms with E-state index in [1.807, 2.05) is 6.07 Å². The Morgan fingerprint density at radius 1 is 1.00 bits per heavy atom. The summed E-state index contributed by atoms with van der Waals surface area (Å²) < 4.78 is 39.9. The molecule has 0 saturated carbocycles. The molecular weight excluding hydrogens is 345 g/mol. The normalized spacial score (nSPS) is 11.5. The largest absolute Gasteiger partial charge is 0.454 e. The molecule has 0 bridgehead atoms. The monoisotopic (exact) mass is 360 g/mol. The molecule has 0 N–H and O–H groups in total. The Bertz CT molecular complexity index is 962. The van der Waals surface area contributed by atoms with Crippen molar-refractivity contribution in [3.63, 3.8) is 0 Å². The number of hydrogen-bond donors (Lipinski definition) is 0. The Balaban J connectivity index is 1.96. The van der Waals surface area contributed by atoms with E-state index in [0.29, 0.717) is 11.2 Å². The average Bonchev–Trinajstić information content (AvgIpc) is 2.99. The number of amides is 1. The Morgan fingerprint density at radius 3 is 2.27 bits per heavy atom. The van der Waals surface area contributed by atoms with E-state index in [2.05, 4.69) is 0 Å². The van der Waals surface area contributed by atoms with Gasteiger partial charge in [0.15, 0.2) is 0 Å². The van der Waals surface area contributed by atoms with Gasteiger partial charge in [-0.25, -0.2) is 0 Å². The minimum atomic E-state index is -4.97. The van der Waals surface area contributed by atoms with Crippen LogP contribution in [0.1, 0.15) is 10.4 Å². The maximum absolute atomic E-state index is 12.9. The summed E-state index contributed by atoms with van der Waals surface area (Å²) in [6.07, 6.45) is -3.88. The summed E-state index contributed by atoms with van der Waals surface area (Å²) in [4.78, 5) is 25.6. The Labute approximate surface area is 147 Å². The van der Waals surface area contributed by atoms with Gasteiger partial charge < -0.3 is 9.47 Å². The van der Waals surface area contributed by atoms with Gasteiger partial charge in [-0.3, -0.25) is 9.59 Å². The summed E-state index contributed by atoms with van der Waals surface area (Å²) in [5, 5.41) is 0.171. The summed E-state index contributed by atoms with van der Waals surface area (Å²) in [6.45, 7) is -0.183. The molecule has 1 aromatic heterocycles. The molecule has 0 spiro atoms. The third kappa shape index (κ3) is 3.33. The molecule has 7 heteroatoms. The molecule has 1 heterocycles. The van der Waals surface area contributed by atoms with Gasteiger partial charge in [-0.1, -0.05) is 36.4 Å². The van der Waals surface area contributed by atoms with Gasteiger partial charge in [0.25, 0.3) is 5.78 Å². The van der Waals surface area contributed by atoms with Crippen molar-refractivity contribution in [2.45, 2.75) is 12.7 Å². The van der Waals surface area contributed by atoms with Gasteiger partial charge in [-0.15, -0.1) is 0 Å². The van der Waals surface area contributed by atoms with Crippen LogP contribution in [0.15, 0.2) is 60.8 Å². The number of hydrogen-bond acceptors (Lipinski definition) is 2. The lowest BCUT2D eigenvalue weighted by Gasteiger charge is -2.18. The van der Waals surface area contributed by atoms with E-state index < -0.39 is 17.5 Å². The highest BCUT2D eigenvalue weighted by Crippen LogP contribution is 2.28. The molecule has 0 fully saturated rings. The predicted octanol–water partition coefficient (Wildman–Crippen LogP) is 4.05. The smallest absolute Gasteiger partial charge is 0.337 e. The van der Waals surface area contributed by atoms with Crippen molar-refractivity contribution in [2.24, 2.45) is 0 Å². The molecule has 0 aliphatic rings. The van der Waals surface area contributed by atoms with Gasteiger partial charge >= 0.3 is 6.18 Å². The number of rotatable bonds is 4. The molecule has 0 aliphatic carbocycles. The van der Waals surface area contributed by atoms with Crippen LogP contribution in [0.3, 0.4) is 0 Å². The number of benzene rings is 2. The molecule has 0 radical (unpaired) electrons. The number of aromatic nitrogens is 1. The van der Waals surface area contributed by atoms with E-state index in [1.165, 1.54) is 15.5 Å². The van der Waals surface area contributed by atoms with Crippen molar-refractivity contribution in [3.8, 4) is 0 Å². The molecule has 0 aliphatic heterocycles. The Hall–Kier alpha value is -3.09. The first-order valence-electron chi connectivity index (χ1n) is 7.80. The molecule has 26 heavy (non-hydrogen) atoms. The highest BCUT2D eigenvalue weighted by atomic mass is 19.4. The fraction of sp³-hybridized carbons (Fsp3) is 0.158. The molecular formula is C19H15F3N2O2. The summed E-state index contributed by atoms with van der Waals surface area (Å²) in [7, 11) is 1.59. The van der Waals surface area contributed by atoms with Gasteiger partial charge in [-0.2, -0.15) is 13.2 Å². The van der Waals surface area contributed by atoms with Crippen LogP contribution in [-0.2, 0) is 11.3 Å². The van der Waals surface area contributed by atoms with Gasteiger partial charge in [0.1, 0.15) is 6.54 Å². The number of ketones is 1. The molecule has 1 amide bonds. The first-order chi connectivity index (χ1) is 12.3. The minimum Gasteiger partial charge on any atom is -0.337 e. The fourth-order valence-corrected chi connectivity index (χ4v) is 2.76. The van der Waals surface area contributed by atoms with Crippen LogP contribution < -0.4 is 4.90 Å². The Morgan fingerprint density at radius 2 is 1.62 bits per heavy atom. The predicted molar refractivity (Wildman–Crippen MR) is 92.2 cm³/mol. The van der Waals surface area contributed by atoms with Gasteiger partial charge in [0.2, 0.25) is 5.91 Å². The first-order valence-corrected chi connectivity index (χ1v) is 7.80. The number of para-hydroxylation sites is 2. The van der Waals surface area contributed by atoms with Crippen molar-refractivity contribution < 1.29 is 22.8 Å². The number of Topliss-reactive ketones (excluding diaryl/α,β-unsaturated/α-hetero) is 1. The van der Waals surface area contributed by atoms with Gasteiger partial charge in [-0.05, 0) is 18.2 Å². The van der Waals surface area contributed by atoms with Crippen LogP contribution in [0.25, 0.3) is 10.9 Å². The molecule has 0 unspecified atom stereocenters. The van der Waals surface area contributed by atoms with Crippen LogP contribution in [0.5, 0.6) is 0 Å². The zero-order valence-electron chi connectivity index (χ0n) is 13.8. The lowest BCUT2D eigenvalue weighted by Crippen LogP contribution is -2.29. The number of carbonyl (C=O) groups excluding carboxylic acids is 2. The maximum Gasteiger partial charge on any atom is 0.454 e. The van der Waals surface area contributed by atoms with Crippen LogP contribution in [0.2, 0.25) is 0 Å². The maximum atomic E-state index is 12.9. The second-order valence-electron chi connectivity index (χ2n) is 5.80. The number of halogens is 3. The van der Waals surface area contributed by atoms with Crippen molar-refractivity contribution in [1.82, 2.24) is 4.57 Å². The van der Waals surface area contributed by atoms with Crippen LogP contribution in [0.4, 0.5) is 18.9 Å². The standard InChI is InChI=1S/C19H15F3N2O2/c1-23(13-7-3-2-4-8-13)17(25)12-24-11-15(18(26)19(20,21)22)14-9-5-6-10-16(14)24/h2-11H,12H2,1H3. The molecule has 0 saturated heterocycles. The lowest BCUT2D eigenvalue weighted by molar-refractivity contribution is -0.118. The number of carbonyl (C=O) groups is 2. The molecule has 3 aromatic rings. The van der Waals surface area contributed by atoms with Crippen molar-refractivity contribution in [2.75, 3.05) is 11.9 Å². The quantitative estimate of drug-likeness (QED) is 0.659. The van der Waals surface area contributed by atoms with Crippen molar-refractivity contribution in [3.05, 3.63) is 66.4 Å². The zero-order valence-corrected chi connectivity index (χ0v) is 13.8. The lowest BCUT2D eigenvalue weighted by atomic mass is 10.1. The van der Waals surface area contributed by atoms with E-state index in [1.54, 1.807) is 49.5 Å². The highest BCUT2D eigenvalue weighted by molar-refractivity contribution is 6.11. The van der Waals surface area contributed by atoms with E-state index in [0.717, 1.165) is 6.20 Å². The van der Waals surface area contributed by atoms with Gasteiger partial charge in [0.05, 0.1) is 5.56 Å². The average molecular weight is 360 g/mol. The van der Waals surface area contributed by atoms with Crippen molar-refractivity contribution >= 4 is 28.3 Å². The minimum absolute atomic E-state index is 0.171. The van der Waals surface area contributed by atoms with E-state index in [-0.39, 0.29) is 17.8 Å². The van der Waals surface area contributed by atoms with E-state index in [4.69, 9.17) is 0 Å². The zero-order chi connectivity index (χ0) is 18.9. The summed E-state index contributed by atoms with van der Waals surface area (Å²) in [5.41, 5.74) is 0.610.